The number of hydrogen-bond donors (Lipinski definition) is 0. The molecule has 1 fully saturated rings. The van der Waals surface area contributed by atoms with Crippen LogP contribution in [0.4, 0.5) is 4.39 Å². The Morgan fingerprint density at radius 1 is 1.00 bits per heavy atom. The first-order valence-corrected chi connectivity index (χ1v) is 13.6. The van der Waals surface area contributed by atoms with Crippen LogP contribution in [0, 0.1) is 12.7 Å². The highest BCUT2D eigenvalue weighted by Gasteiger charge is 2.31. The number of hydrogen-bond acceptors (Lipinski definition) is 5. The van der Waals surface area contributed by atoms with E-state index >= 15 is 0 Å². The zero-order chi connectivity index (χ0) is 25.8. The summed E-state index contributed by atoms with van der Waals surface area (Å²) in [5.74, 6) is 0.201. The van der Waals surface area contributed by atoms with Crippen molar-refractivity contribution in [1.29, 1.82) is 0 Å². The standard InChI is InChI=1S/C29H31FN2O4S/c1-20-13-14-37-27(20)17-31(16-21-11-12-25-26(15-21)36-19-35-25)28(33)18-32(22-7-3-2-4-8-22)29(34)23-9-5-6-10-24(23)30/h5-6,9-15,22H,2-4,7-8,16-19H2,1H3. The molecule has 1 aromatic heterocycles. The van der Waals surface area contributed by atoms with Crippen LogP contribution in [0.25, 0.3) is 0 Å². The Morgan fingerprint density at radius 2 is 1.78 bits per heavy atom. The highest BCUT2D eigenvalue weighted by Crippen LogP contribution is 2.33. The van der Waals surface area contributed by atoms with Gasteiger partial charge in [0.25, 0.3) is 5.91 Å². The molecule has 2 aliphatic rings. The Balaban J connectivity index is 1.41. The second-order valence-corrected chi connectivity index (χ2v) is 10.7. The molecule has 6 nitrogen and oxygen atoms in total. The van der Waals surface area contributed by atoms with Gasteiger partial charge in [0, 0.05) is 17.5 Å². The zero-order valence-electron chi connectivity index (χ0n) is 21.0. The number of carbonyl (C=O) groups excluding carboxylic acids is 2. The lowest BCUT2D eigenvalue weighted by Crippen LogP contribution is -2.48. The van der Waals surface area contributed by atoms with Crippen LogP contribution in [0.3, 0.4) is 0 Å². The van der Waals surface area contributed by atoms with E-state index < -0.39 is 11.7 Å². The molecule has 2 aromatic carbocycles. The fraction of sp³-hybridized carbons (Fsp3) is 0.379. The van der Waals surface area contributed by atoms with E-state index in [1.54, 1.807) is 33.3 Å². The number of carbonyl (C=O) groups is 2. The molecule has 37 heavy (non-hydrogen) atoms. The number of fused-ring (bicyclic) bond motifs is 1. The second kappa shape index (κ2) is 11.3. The van der Waals surface area contributed by atoms with Crippen molar-refractivity contribution >= 4 is 23.2 Å². The first-order chi connectivity index (χ1) is 18.0. The average molecular weight is 523 g/mol. The minimum atomic E-state index is -0.563. The maximum atomic E-state index is 14.6. The van der Waals surface area contributed by atoms with Gasteiger partial charge in [0.2, 0.25) is 12.7 Å². The summed E-state index contributed by atoms with van der Waals surface area (Å²) < 4.78 is 25.6. The fourth-order valence-electron chi connectivity index (χ4n) is 5.03. The van der Waals surface area contributed by atoms with Gasteiger partial charge in [-0.15, -0.1) is 11.3 Å². The Bertz CT molecular complexity index is 1270. The summed E-state index contributed by atoms with van der Waals surface area (Å²) in [7, 11) is 0. The van der Waals surface area contributed by atoms with Crippen LogP contribution in [-0.4, -0.2) is 41.0 Å². The third-order valence-electron chi connectivity index (χ3n) is 7.15. The number of aryl methyl sites for hydroxylation is 1. The summed E-state index contributed by atoms with van der Waals surface area (Å²) in [5.41, 5.74) is 2.05. The Kier molecular flexibility index (Phi) is 7.74. The topological polar surface area (TPSA) is 59.1 Å². The minimum Gasteiger partial charge on any atom is -0.454 e. The summed E-state index contributed by atoms with van der Waals surface area (Å²) >= 11 is 1.61. The number of ether oxygens (including phenoxy) is 2. The van der Waals surface area contributed by atoms with Crippen LogP contribution in [-0.2, 0) is 17.9 Å². The van der Waals surface area contributed by atoms with Crippen LogP contribution < -0.4 is 9.47 Å². The molecule has 1 aliphatic heterocycles. The molecule has 1 aliphatic carbocycles. The monoisotopic (exact) mass is 522 g/mol. The Morgan fingerprint density at radius 3 is 2.54 bits per heavy atom. The first-order valence-electron chi connectivity index (χ1n) is 12.7. The largest absolute Gasteiger partial charge is 0.454 e. The van der Waals surface area contributed by atoms with Crippen LogP contribution in [0.2, 0.25) is 0 Å². The maximum absolute atomic E-state index is 14.6. The van der Waals surface area contributed by atoms with Gasteiger partial charge in [0.15, 0.2) is 11.5 Å². The average Bonchev–Trinajstić information content (AvgIpc) is 3.55. The van der Waals surface area contributed by atoms with Crippen molar-refractivity contribution in [2.75, 3.05) is 13.3 Å². The number of benzene rings is 2. The van der Waals surface area contributed by atoms with Gasteiger partial charge in [-0.1, -0.05) is 37.5 Å². The van der Waals surface area contributed by atoms with E-state index in [9.17, 15) is 14.0 Å². The molecule has 5 rings (SSSR count). The third kappa shape index (κ3) is 5.80. The summed E-state index contributed by atoms with van der Waals surface area (Å²) in [6, 6.07) is 13.6. The SMILES string of the molecule is Cc1ccsc1CN(Cc1ccc2c(c1)OCO2)C(=O)CN(C(=O)c1ccccc1F)C1CCCCC1. The quantitative estimate of drug-likeness (QED) is 0.368. The molecule has 3 aromatic rings. The van der Waals surface area contributed by atoms with E-state index in [0.717, 1.165) is 48.1 Å². The smallest absolute Gasteiger partial charge is 0.257 e. The molecule has 1 saturated carbocycles. The van der Waals surface area contributed by atoms with Gasteiger partial charge in [-0.3, -0.25) is 9.59 Å². The third-order valence-corrected chi connectivity index (χ3v) is 8.16. The number of amides is 2. The van der Waals surface area contributed by atoms with Gasteiger partial charge >= 0.3 is 0 Å². The number of thiophene rings is 1. The molecule has 0 atom stereocenters. The van der Waals surface area contributed by atoms with E-state index in [4.69, 9.17) is 9.47 Å². The first kappa shape index (κ1) is 25.3. The van der Waals surface area contributed by atoms with Crippen molar-refractivity contribution in [2.24, 2.45) is 0 Å². The molecule has 194 valence electrons. The van der Waals surface area contributed by atoms with Crippen LogP contribution in [0.15, 0.2) is 53.9 Å². The summed E-state index contributed by atoms with van der Waals surface area (Å²) in [5, 5.41) is 2.02. The van der Waals surface area contributed by atoms with Crippen molar-refractivity contribution < 1.29 is 23.5 Å². The van der Waals surface area contributed by atoms with Gasteiger partial charge in [-0.2, -0.15) is 0 Å². The predicted octanol–water partition coefficient (Wildman–Crippen LogP) is 5.93. The highest BCUT2D eigenvalue weighted by molar-refractivity contribution is 7.10. The predicted molar refractivity (Wildman–Crippen MR) is 140 cm³/mol. The Hall–Kier alpha value is -3.39. The van der Waals surface area contributed by atoms with Gasteiger partial charge in [-0.25, -0.2) is 4.39 Å². The number of nitrogens with zero attached hydrogens (tertiary/aromatic N) is 2. The zero-order valence-corrected chi connectivity index (χ0v) is 21.8. The molecular weight excluding hydrogens is 491 g/mol. The van der Waals surface area contributed by atoms with Crippen LogP contribution in [0.5, 0.6) is 11.5 Å². The summed E-state index contributed by atoms with van der Waals surface area (Å²) in [4.78, 5) is 31.9. The molecular formula is C29H31FN2O4S. The van der Waals surface area contributed by atoms with Crippen molar-refractivity contribution in [1.82, 2.24) is 9.80 Å². The maximum Gasteiger partial charge on any atom is 0.257 e. The van der Waals surface area contributed by atoms with Gasteiger partial charge in [0.1, 0.15) is 12.4 Å². The van der Waals surface area contributed by atoms with Crippen molar-refractivity contribution in [2.45, 2.75) is 58.2 Å². The lowest BCUT2D eigenvalue weighted by atomic mass is 9.93. The molecule has 8 heteroatoms. The summed E-state index contributed by atoms with van der Waals surface area (Å²) in [6.07, 6.45) is 4.74. The van der Waals surface area contributed by atoms with E-state index in [-0.39, 0.29) is 30.9 Å². The minimum absolute atomic E-state index is 0.0114. The molecule has 0 spiro atoms. The highest BCUT2D eigenvalue weighted by atomic mass is 32.1. The molecule has 0 unspecified atom stereocenters. The fourth-order valence-corrected chi connectivity index (χ4v) is 5.95. The van der Waals surface area contributed by atoms with Crippen molar-refractivity contribution in [3.63, 3.8) is 0 Å². The number of rotatable bonds is 8. The van der Waals surface area contributed by atoms with Crippen LogP contribution in [0.1, 0.15) is 58.5 Å². The van der Waals surface area contributed by atoms with Gasteiger partial charge in [-0.05, 0) is 66.6 Å². The molecule has 0 bridgehead atoms. The molecule has 2 heterocycles. The van der Waals surface area contributed by atoms with E-state index in [1.165, 1.54) is 12.1 Å². The van der Waals surface area contributed by atoms with Crippen molar-refractivity contribution in [3.8, 4) is 11.5 Å². The molecule has 0 N–H and O–H groups in total. The summed E-state index contributed by atoms with van der Waals surface area (Å²) in [6.45, 7) is 2.92. The van der Waals surface area contributed by atoms with Crippen molar-refractivity contribution in [3.05, 3.63) is 81.3 Å². The lowest BCUT2D eigenvalue weighted by Gasteiger charge is -2.35. The second-order valence-electron chi connectivity index (χ2n) is 9.67. The van der Waals surface area contributed by atoms with Gasteiger partial charge < -0.3 is 19.3 Å². The molecule has 0 saturated heterocycles. The molecule has 2 amide bonds. The van der Waals surface area contributed by atoms with Crippen LogP contribution >= 0.6 is 11.3 Å². The lowest BCUT2D eigenvalue weighted by molar-refractivity contribution is -0.133. The van der Waals surface area contributed by atoms with E-state index in [1.807, 2.05) is 36.6 Å². The van der Waals surface area contributed by atoms with E-state index in [2.05, 4.69) is 0 Å². The normalized spacial score (nSPS) is 15.0. The Labute approximate surface area is 220 Å². The molecule has 0 radical (unpaired) electrons. The van der Waals surface area contributed by atoms with E-state index in [0.29, 0.717) is 24.6 Å². The van der Waals surface area contributed by atoms with Gasteiger partial charge in [0.05, 0.1) is 12.1 Å². The number of halogens is 1.